The maximum atomic E-state index is 12.7. The second-order valence-electron chi connectivity index (χ2n) is 7.78. The zero-order valence-electron chi connectivity index (χ0n) is 14.7. The number of rotatable bonds is 5. The van der Waals surface area contributed by atoms with Crippen LogP contribution in [0.5, 0.6) is 0 Å². The number of aromatic nitrogens is 2. The number of hydrogen-bond donors (Lipinski definition) is 0. The van der Waals surface area contributed by atoms with E-state index in [4.69, 9.17) is 9.47 Å². The van der Waals surface area contributed by atoms with Crippen molar-refractivity contribution in [2.75, 3.05) is 39.5 Å². The Morgan fingerprint density at radius 1 is 1.28 bits per heavy atom. The number of carbonyl (C=O) groups excluding carboxylic acids is 1. The number of ether oxygens (including phenoxy) is 2. The van der Waals surface area contributed by atoms with Crippen LogP contribution in [-0.2, 0) is 9.47 Å². The van der Waals surface area contributed by atoms with Crippen molar-refractivity contribution in [3.63, 3.8) is 0 Å². The van der Waals surface area contributed by atoms with E-state index in [1.54, 1.807) is 18.5 Å². The van der Waals surface area contributed by atoms with Crippen molar-refractivity contribution in [3.05, 3.63) is 24.3 Å². The van der Waals surface area contributed by atoms with Gasteiger partial charge in [-0.05, 0) is 43.6 Å². The van der Waals surface area contributed by atoms with E-state index in [9.17, 15) is 4.79 Å². The Hall–Kier alpha value is -1.53. The lowest BCUT2D eigenvalue weighted by Gasteiger charge is -2.30. The minimum Gasteiger partial charge on any atom is -0.381 e. The molecule has 136 valence electrons. The van der Waals surface area contributed by atoms with Crippen molar-refractivity contribution < 1.29 is 14.3 Å². The molecule has 6 nitrogen and oxygen atoms in total. The normalized spacial score (nSPS) is 29.8. The molecule has 3 heterocycles. The van der Waals surface area contributed by atoms with Crippen molar-refractivity contribution in [1.29, 1.82) is 0 Å². The molecule has 4 rings (SSSR count). The molecular weight excluding hydrogens is 318 g/mol. The largest absolute Gasteiger partial charge is 0.381 e. The molecule has 0 N–H and O–H groups in total. The van der Waals surface area contributed by atoms with Crippen LogP contribution in [0.15, 0.2) is 18.5 Å². The van der Waals surface area contributed by atoms with E-state index in [2.05, 4.69) is 9.97 Å². The van der Waals surface area contributed by atoms with Crippen LogP contribution in [0.25, 0.3) is 0 Å². The molecule has 0 aromatic carbocycles. The number of likely N-dealkylation sites (tertiary alicyclic amines) is 1. The van der Waals surface area contributed by atoms with E-state index in [0.29, 0.717) is 17.7 Å². The van der Waals surface area contributed by atoms with Crippen molar-refractivity contribution in [2.45, 2.75) is 32.1 Å². The van der Waals surface area contributed by atoms with Crippen LogP contribution in [0.2, 0.25) is 0 Å². The summed E-state index contributed by atoms with van der Waals surface area (Å²) in [5.41, 5.74) is 0.135. The van der Waals surface area contributed by atoms with Crippen LogP contribution in [0, 0.1) is 17.3 Å². The van der Waals surface area contributed by atoms with Gasteiger partial charge in [0.15, 0.2) is 0 Å². The van der Waals surface area contributed by atoms with Gasteiger partial charge in [0.05, 0.1) is 6.61 Å². The average Bonchev–Trinajstić information content (AvgIpc) is 3.20. The Balaban J connectivity index is 1.36. The topological polar surface area (TPSA) is 64.6 Å². The Morgan fingerprint density at radius 2 is 2.08 bits per heavy atom. The van der Waals surface area contributed by atoms with Gasteiger partial charge in [-0.25, -0.2) is 9.97 Å². The summed E-state index contributed by atoms with van der Waals surface area (Å²) in [7, 11) is 0. The van der Waals surface area contributed by atoms with Crippen LogP contribution < -0.4 is 0 Å². The van der Waals surface area contributed by atoms with E-state index in [1.165, 1.54) is 12.8 Å². The Kier molecular flexibility index (Phi) is 4.99. The molecule has 3 aliphatic rings. The summed E-state index contributed by atoms with van der Waals surface area (Å²) >= 11 is 0. The molecule has 0 radical (unpaired) electrons. The second-order valence-corrected chi connectivity index (χ2v) is 7.78. The summed E-state index contributed by atoms with van der Waals surface area (Å²) < 4.78 is 11.6. The first-order valence-electron chi connectivity index (χ1n) is 9.49. The molecule has 25 heavy (non-hydrogen) atoms. The van der Waals surface area contributed by atoms with Gasteiger partial charge >= 0.3 is 0 Å². The van der Waals surface area contributed by atoms with Gasteiger partial charge < -0.3 is 14.4 Å². The fourth-order valence-corrected chi connectivity index (χ4v) is 4.70. The van der Waals surface area contributed by atoms with E-state index >= 15 is 0 Å². The van der Waals surface area contributed by atoms with Crippen molar-refractivity contribution in [1.82, 2.24) is 14.9 Å². The predicted octanol–water partition coefficient (Wildman–Crippen LogP) is 2.16. The third-order valence-corrected chi connectivity index (χ3v) is 6.17. The molecule has 2 saturated heterocycles. The standard InChI is InChI=1S/C19H27N3O3/c23-18(17-20-7-2-8-21-17)22-11-16-3-1-6-19(16,13-22)14-25-12-15-4-9-24-10-5-15/h2,7-8,15-16H,1,3-6,9-14H2/t16-,19+/m1/s1. The molecule has 2 atom stereocenters. The van der Waals surface area contributed by atoms with Crippen LogP contribution in [0.4, 0.5) is 0 Å². The molecule has 1 amide bonds. The molecule has 1 aliphatic carbocycles. The molecule has 6 heteroatoms. The average molecular weight is 345 g/mol. The minimum atomic E-state index is -0.0428. The summed E-state index contributed by atoms with van der Waals surface area (Å²) in [5, 5.41) is 0. The maximum Gasteiger partial charge on any atom is 0.291 e. The molecular formula is C19H27N3O3. The molecule has 3 fully saturated rings. The van der Waals surface area contributed by atoms with E-state index in [0.717, 1.165) is 58.8 Å². The second kappa shape index (κ2) is 7.38. The quantitative estimate of drug-likeness (QED) is 0.818. The van der Waals surface area contributed by atoms with Crippen molar-refractivity contribution in [2.24, 2.45) is 17.3 Å². The monoisotopic (exact) mass is 345 g/mol. The summed E-state index contributed by atoms with van der Waals surface area (Å²) in [6.45, 7) is 4.92. The van der Waals surface area contributed by atoms with Gasteiger partial charge in [-0.15, -0.1) is 0 Å². The van der Waals surface area contributed by atoms with Crippen LogP contribution in [-0.4, -0.2) is 60.3 Å². The summed E-state index contributed by atoms with van der Waals surface area (Å²) in [4.78, 5) is 22.9. The maximum absolute atomic E-state index is 12.7. The smallest absolute Gasteiger partial charge is 0.291 e. The zero-order valence-corrected chi connectivity index (χ0v) is 14.7. The third kappa shape index (κ3) is 3.55. The lowest BCUT2D eigenvalue weighted by Crippen LogP contribution is -2.36. The number of carbonyl (C=O) groups is 1. The first-order chi connectivity index (χ1) is 12.3. The lowest BCUT2D eigenvalue weighted by molar-refractivity contribution is -0.0124. The minimum absolute atomic E-state index is 0.0428. The molecule has 0 bridgehead atoms. The van der Waals surface area contributed by atoms with Gasteiger partial charge in [-0.3, -0.25) is 4.79 Å². The molecule has 1 aromatic rings. The number of nitrogens with zero attached hydrogens (tertiary/aromatic N) is 3. The molecule has 2 aliphatic heterocycles. The highest BCUT2D eigenvalue weighted by atomic mass is 16.5. The summed E-state index contributed by atoms with van der Waals surface area (Å²) in [6.07, 6.45) is 9.06. The Labute approximate surface area is 148 Å². The van der Waals surface area contributed by atoms with Gasteiger partial charge in [-0.2, -0.15) is 0 Å². The fraction of sp³-hybridized carbons (Fsp3) is 0.737. The summed E-state index contributed by atoms with van der Waals surface area (Å²) in [5.74, 6) is 1.44. The highest BCUT2D eigenvalue weighted by molar-refractivity contribution is 5.90. The van der Waals surface area contributed by atoms with E-state index in [1.807, 2.05) is 4.90 Å². The number of fused-ring (bicyclic) bond motifs is 1. The van der Waals surface area contributed by atoms with Gasteiger partial charge in [0.2, 0.25) is 5.82 Å². The first-order valence-corrected chi connectivity index (χ1v) is 9.49. The number of amides is 1. The van der Waals surface area contributed by atoms with Crippen LogP contribution in [0.1, 0.15) is 42.7 Å². The summed E-state index contributed by atoms with van der Waals surface area (Å²) in [6, 6.07) is 1.74. The lowest BCUT2D eigenvalue weighted by atomic mass is 9.81. The molecule has 0 unspecified atom stereocenters. The molecule has 1 aromatic heterocycles. The highest BCUT2D eigenvalue weighted by Crippen LogP contribution is 2.49. The SMILES string of the molecule is O=C(c1ncccn1)N1C[C@H]2CCC[C@@]2(COCC2CCOCC2)C1. The van der Waals surface area contributed by atoms with Crippen LogP contribution in [0.3, 0.4) is 0 Å². The highest BCUT2D eigenvalue weighted by Gasteiger charge is 2.51. The predicted molar refractivity (Wildman–Crippen MR) is 92.1 cm³/mol. The zero-order chi connectivity index (χ0) is 17.1. The van der Waals surface area contributed by atoms with Gasteiger partial charge in [0.1, 0.15) is 0 Å². The van der Waals surface area contributed by atoms with Gasteiger partial charge in [0, 0.05) is 50.7 Å². The first kappa shape index (κ1) is 16.9. The van der Waals surface area contributed by atoms with Crippen LogP contribution >= 0.6 is 0 Å². The van der Waals surface area contributed by atoms with E-state index < -0.39 is 0 Å². The number of hydrogen-bond acceptors (Lipinski definition) is 5. The van der Waals surface area contributed by atoms with Crippen molar-refractivity contribution >= 4 is 5.91 Å². The Bertz CT molecular complexity index is 591. The Morgan fingerprint density at radius 3 is 2.88 bits per heavy atom. The molecule has 1 saturated carbocycles. The van der Waals surface area contributed by atoms with Gasteiger partial charge in [-0.1, -0.05) is 6.42 Å². The van der Waals surface area contributed by atoms with E-state index in [-0.39, 0.29) is 11.3 Å². The fourth-order valence-electron chi connectivity index (χ4n) is 4.70. The molecule has 0 spiro atoms. The van der Waals surface area contributed by atoms with Crippen molar-refractivity contribution in [3.8, 4) is 0 Å². The van der Waals surface area contributed by atoms with Gasteiger partial charge in [0.25, 0.3) is 5.91 Å². The third-order valence-electron chi connectivity index (χ3n) is 6.17.